The van der Waals surface area contributed by atoms with Crippen molar-refractivity contribution in [3.8, 4) is 0 Å². The fourth-order valence-corrected chi connectivity index (χ4v) is 3.12. The fraction of sp³-hybridized carbons (Fsp3) is 0.769. The minimum atomic E-state index is -0.331. The van der Waals surface area contributed by atoms with Crippen LogP contribution in [0.1, 0.15) is 51.8 Å². The summed E-state index contributed by atoms with van der Waals surface area (Å²) in [5.74, 6) is 5.82. The lowest BCUT2D eigenvalue weighted by atomic mass is 9.86. The zero-order chi connectivity index (χ0) is 14.5. The van der Waals surface area contributed by atoms with Crippen LogP contribution in [-0.2, 0) is 11.3 Å². The molecular weight excluding hydrogens is 308 g/mol. The highest BCUT2D eigenvalue weighted by atomic mass is 79.9. The van der Waals surface area contributed by atoms with E-state index in [-0.39, 0.29) is 11.6 Å². The van der Waals surface area contributed by atoms with Crippen molar-refractivity contribution >= 4 is 15.9 Å². The van der Waals surface area contributed by atoms with Crippen molar-refractivity contribution in [2.45, 2.75) is 58.2 Å². The van der Waals surface area contributed by atoms with E-state index in [4.69, 9.17) is 10.6 Å². The molecule has 0 aliphatic heterocycles. The van der Waals surface area contributed by atoms with Crippen LogP contribution in [0, 0.1) is 0 Å². The highest BCUT2D eigenvalue weighted by Crippen LogP contribution is 2.37. The number of methoxy groups -OCH3 is 1. The average Bonchev–Trinajstić information content (AvgIpc) is 2.78. The Morgan fingerprint density at radius 3 is 2.53 bits per heavy atom. The van der Waals surface area contributed by atoms with E-state index >= 15 is 0 Å². The lowest BCUT2D eigenvalue weighted by Crippen LogP contribution is -2.48. The molecule has 110 valence electrons. The monoisotopic (exact) mass is 332 g/mol. The van der Waals surface area contributed by atoms with Crippen molar-refractivity contribution in [3.05, 3.63) is 16.4 Å². The fourth-order valence-electron chi connectivity index (χ4n) is 2.59. The lowest BCUT2D eigenvalue weighted by Gasteiger charge is -2.38. The molecule has 1 atom stereocenters. The molecule has 0 saturated heterocycles. The van der Waals surface area contributed by atoms with E-state index in [0.717, 1.165) is 36.0 Å². The lowest BCUT2D eigenvalue weighted by molar-refractivity contribution is -0.0510. The Morgan fingerprint density at radius 1 is 1.47 bits per heavy atom. The summed E-state index contributed by atoms with van der Waals surface area (Å²) in [6.45, 7) is 7.23. The van der Waals surface area contributed by atoms with Crippen LogP contribution in [0.15, 0.2) is 10.7 Å². The summed E-state index contributed by atoms with van der Waals surface area (Å²) in [6, 6.07) is -0.101. The minimum absolute atomic E-state index is 0.101. The van der Waals surface area contributed by atoms with Gasteiger partial charge in [0.15, 0.2) is 0 Å². The summed E-state index contributed by atoms with van der Waals surface area (Å²) >= 11 is 3.57. The predicted octanol–water partition coefficient (Wildman–Crippen LogP) is 2.77. The van der Waals surface area contributed by atoms with Gasteiger partial charge >= 0.3 is 0 Å². The van der Waals surface area contributed by atoms with Gasteiger partial charge in [0, 0.05) is 13.7 Å². The molecule has 1 rings (SSSR count). The van der Waals surface area contributed by atoms with Crippen LogP contribution in [0.5, 0.6) is 0 Å². The third kappa shape index (κ3) is 3.18. The Balaban J connectivity index is 3.25. The summed E-state index contributed by atoms with van der Waals surface area (Å²) in [7, 11) is 1.74. The summed E-state index contributed by atoms with van der Waals surface area (Å²) in [4.78, 5) is 0. The van der Waals surface area contributed by atoms with Gasteiger partial charge in [-0.15, -0.1) is 0 Å². The molecule has 6 heteroatoms. The number of hydrogen-bond acceptors (Lipinski definition) is 4. The number of ether oxygens (including phenoxy) is 1. The highest BCUT2D eigenvalue weighted by Gasteiger charge is 2.39. The Morgan fingerprint density at radius 2 is 2.11 bits per heavy atom. The molecule has 1 aromatic heterocycles. The Labute approximate surface area is 124 Å². The molecule has 3 N–H and O–H groups in total. The van der Waals surface area contributed by atoms with Gasteiger partial charge in [0.05, 0.1) is 28.0 Å². The Bertz CT molecular complexity index is 382. The first kappa shape index (κ1) is 16.6. The maximum absolute atomic E-state index is 5.82. The maximum atomic E-state index is 5.82. The molecule has 0 amide bonds. The van der Waals surface area contributed by atoms with Crippen LogP contribution in [0.4, 0.5) is 0 Å². The van der Waals surface area contributed by atoms with Gasteiger partial charge in [-0.2, -0.15) is 5.10 Å². The molecule has 19 heavy (non-hydrogen) atoms. The van der Waals surface area contributed by atoms with Crippen molar-refractivity contribution in [3.63, 3.8) is 0 Å². The van der Waals surface area contributed by atoms with E-state index in [1.807, 2.05) is 10.9 Å². The first-order valence-corrected chi connectivity index (χ1v) is 7.61. The molecular formula is C13H25BrN4O. The van der Waals surface area contributed by atoms with Gasteiger partial charge in [0.25, 0.3) is 0 Å². The molecule has 0 aliphatic rings. The molecule has 0 bridgehead atoms. The van der Waals surface area contributed by atoms with E-state index in [1.54, 1.807) is 7.11 Å². The van der Waals surface area contributed by atoms with Crippen molar-refractivity contribution in [2.75, 3.05) is 7.11 Å². The molecule has 5 nitrogen and oxygen atoms in total. The molecule has 1 heterocycles. The first-order valence-electron chi connectivity index (χ1n) is 6.82. The van der Waals surface area contributed by atoms with E-state index < -0.39 is 0 Å². The largest absolute Gasteiger partial charge is 0.376 e. The molecule has 1 unspecified atom stereocenters. The Kier molecular flexibility index (Phi) is 6.46. The first-order chi connectivity index (χ1) is 9.10. The van der Waals surface area contributed by atoms with E-state index in [2.05, 4.69) is 47.2 Å². The normalized spacial score (nSPS) is 13.8. The second kappa shape index (κ2) is 7.38. The van der Waals surface area contributed by atoms with Crippen molar-refractivity contribution in [1.82, 2.24) is 15.2 Å². The molecule has 0 aromatic carbocycles. The minimum Gasteiger partial charge on any atom is -0.376 e. The maximum Gasteiger partial charge on any atom is 0.0929 e. The van der Waals surface area contributed by atoms with Crippen LogP contribution >= 0.6 is 15.9 Å². The molecule has 1 aromatic rings. The number of aromatic nitrogens is 2. The van der Waals surface area contributed by atoms with Crippen molar-refractivity contribution in [2.24, 2.45) is 5.84 Å². The third-order valence-electron chi connectivity index (χ3n) is 3.84. The third-order valence-corrected chi connectivity index (χ3v) is 4.45. The Hall–Kier alpha value is -0.430. The topological polar surface area (TPSA) is 65.1 Å². The van der Waals surface area contributed by atoms with E-state index in [1.165, 1.54) is 0 Å². The van der Waals surface area contributed by atoms with Gasteiger partial charge in [-0.1, -0.05) is 20.8 Å². The van der Waals surface area contributed by atoms with Crippen LogP contribution in [0.3, 0.4) is 0 Å². The number of hydrogen-bond donors (Lipinski definition) is 2. The smallest absolute Gasteiger partial charge is 0.0929 e. The summed E-state index contributed by atoms with van der Waals surface area (Å²) < 4.78 is 8.76. The van der Waals surface area contributed by atoms with Gasteiger partial charge in [-0.25, -0.2) is 5.43 Å². The number of nitrogens with one attached hydrogen (secondary N) is 1. The molecule has 0 saturated carbocycles. The van der Waals surface area contributed by atoms with Crippen molar-refractivity contribution < 1.29 is 4.74 Å². The van der Waals surface area contributed by atoms with Gasteiger partial charge in [-0.05, 0) is 35.2 Å². The van der Waals surface area contributed by atoms with E-state index in [9.17, 15) is 0 Å². The SMILES string of the molecule is CCCn1ncc(Br)c1C(NN)C(CC)(CC)OC. The zero-order valence-electron chi connectivity index (χ0n) is 12.2. The van der Waals surface area contributed by atoms with Gasteiger partial charge in [0.1, 0.15) is 0 Å². The quantitative estimate of drug-likeness (QED) is 0.567. The number of aryl methyl sites for hydroxylation is 1. The number of rotatable bonds is 8. The molecule has 0 aliphatic carbocycles. The summed E-state index contributed by atoms with van der Waals surface area (Å²) in [6.07, 6.45) is 4.59. The summed E-state index contributed by atoms with van der Waals surface area (Å²) in [5, 5.41) is 4.41. The molecule has 0 fully saturated rings. The predicted molar refractivity (Wildman–Crippen MR) is 80.6 cm³/mol. The number of nitrogens with zero attached hydrogens (tertiary/aromatic N) is 2. The summed E-state index contributed by atoms with van der Waals surface area (Å²) in [5.41, 5.74) is 3.64. The van der Waals surface area contributed by atoms with Gasteiger partial charge in [-0.3, -0.25) is 10.5 Å². The molecule has 0 spiro atoms. The van der Waals surface area contributed by atoms with Crippen LogP contribution in [0.25, 0.3) is 0 Å². The second-order valence-corrected chi connectivity index (χ2v) is 5.53. The molecule has 0 radical (unpaired) electrons. The van der Waals surface area contributed by atoms with Crippen LogP contribution in [-0.4, -0.2) is 22.5 Å². The van der Waals surface area contributed by atoms with Crippen LogP contribution in [0.2, 0.25) is 0 Å². The highest BCUT2D eigenvalue weighted by molar-refractivity contribution is 9.10. The average molecular weight is 333 g/mol. The van der Waals surface area contributed by atoms with E-state index in [0.29, 0.717) is 0 Å². The number of nitrogens with two attached hydrogens (primary N) is 1. The number of halogens is 1. The zero-order valence-corrected chi connectivity index (χ0v) is 13.8. The second-order valence-electron chi connectivity index (χ2n) is 4.68. The van der Waals surface area contributed by atoms with Crippen LogP contribution < -0.4 is 11.3 Å². The standard InChI is InChI=1S/C13H25BrN4O/c1-5-8-18-11(10(14)9-16-18)12(17-15)13(6-2,7-3)19-4/h9,12,17H,5-8,15H2,1-4H3. The van der Waals surface area contributed by atoms with Gasteiger partial charge < -0.3 is 4.74 Å². The van der Waals surface area contributed by atoms with Gasteiger partial charge in [0.2, 0.25) is 0 Å². The number of hydrazine groups is 1. The van der Waals surface area contributed by atoms with Crippen molar-refractivity contribution in [1.29, 1.82) is 0 Å².